The minimum atomic E-state index is -1.22. The third-order valence-corrected chi connectivity index (χ3v) is 2.22. The first kappa shape index (κ1) is 11.7. The lowest BCUT2D eigenvalue weighted by Gasteiger charge is -2.03. The van der Waals surface area contributed by atoms with Crippen molar-refractivity contribution in [3.8, 4) is 11.6 Å². The van der Waals surface area contributed by atoms with Gasteiger partial charge in [0.2, 0.25) is 5.69 Å². The van der Waals surface area contributed by atoms with Crippen molar-refractivity contribution in [3.05, 3.63) is 33.9 Å². The van der Waals surface area contributed by atoms with E-state index >= 15 is 0 Å². The summed E-state index contributed by atoms with van der Waals surface area (Å²) in [6.07, 6.45) is 0. The first-order valence-corrected chi connectivity index (χ1v) is 5.10. The minimum absolute atomic E-state index is 0.157. The van der Waals surface area contributed by atoms with Crippen LogP contribution in [0.5, 0.6) is 11.6 Å². The van der Waals surface area contributed by atoms with E-state index < -0.39 is 5.97 Å². The monoisotopic (exact) mass is 273 g/mol. The van der Waals surface area contributed by atoms with Gasteiger partial charge < -0.3 is 9.84 Å². The highest BCUT2D eigenvalue weighted by atomic mass is 35.5. The Labute approximate surface area is 105 Å². The summed E-state index contributed by atoms with van der Waals surface area (Å²) in [5.41, 5.74) is -0.249. The number of carboxylic acid groups (broad SMARTS) is 1. The van der Waals surface area contributed by atoms with Gasteiger partial charge in [0.1, 0.15) is 5.75 Å². The molecular weight excluding hydrogens is 269 g/mol. The topological polar surface area (TPSA) is 88.1 Å². The molecule has 1 heterocycles. The molecule has 0 saturated carbocycles. The van der Waals surface area contributed by atoms with Crippen molar-refractivity contribution in [3.63, 3.8) is 0 Å². The number of nitrogens with one attached hydrogen (secondary N) is 1. The molecule has 6 nitrogen and oxygen atoms in total. The van der Waals surface area contributed by atoms with Gasteiger partial charge in [-0.2, -0.15) is 0 Å². The number of aromatic carboxylic acids is 1. The first-order chi connectivity index (χ1) is 8.06. The second kappa shape index (κ2) is 4.60. The van der Waals surface area contributed by atoms with E-state index in [0.29, 0.717) is 10.0 Å². The summed E-state index contributed by atoms with van der Waals surface area (Å²) in [5.74, 6) is -1.10. The van der Waals surface area contributed by atoms with Gasteiger partial charge in [-0.1, -0.05) is 33.5 Å². The molecule has 17 heavy (non-hydrogen) atoms. The summed E-state index contributed by atoms with van der Waals surface area (Å²) >= 11 is 11.5. The van der Waals surface area contributed by atoms with Crippen LogP contribution in [0.25, 0.3) is 0 Å². The number of H-pyrrole nitrogens is 1. The largest absolute Gasteiger partial charge is 0.476 e. The van der Waals surface area contributed by atoms with Crippen LogP contribution in [0.4, 0.5) is 0 Å². The number of aromatic amines is 1. The smallest absolute Gasteiger partial charge is 0.359 e. The Hall–Kier alpha value is -1.79. The fourth-order valence-corrected chi connectivity index (χ4v) is 1.63. The molecule has 1 aromatic carbocycles. The lowest BCUT2D eigenvalue weighted by atomic mass is 10.3. The van der Waals surface area contributed by atoms with E-state index in [9.17, 15) is 4.79 Å². The predicted octanol–water partition coefficient (Wildman–Crippen LogP) is 2.60. The number of aromatic nitrogens is 3. The number of rotatable bonds is 3. The molecule has 0 spiro atoms. The molecule has 0 bridgehead atoms. The zero-order valence-corrected chi connectivity index (χ0v) is 9.66. The summed E-state index contributed by atoms with van der Waals surface area (Å²) < 4.78 is 5.22. The fraction of sp³-hybridized carbons (Fsp3) is 0. The number of carbonyl (C=O) groups is 1. The van der Waals surface area contributed by atoms with Crippen molar-refractivity contribution in [1.82, 2.24) is 15.4 Å². The Kier molecular flexibility index (Phi) is 3.16. The minimum Gasteiger partial charge on any atom is -0.476 e. The van der Waals surface area contributed by atoms with E-state index in [1.807, 2.05) is 0 Å². The average molecular weight is 274 g/mol. The number of nitrogens with zero attached hydrogens (tertiary/aromatic N) is 2. The van der Waals surface area contributed by atoms with Gasteiger partial charge in [0, 0.05) is 10.0 Å². The van der Waals surface area contributed by atoms with Gasteiger partial charge in [0.05, 0.1) is 0 Å². The quantitative estimate of drug-likeness (QED) is 0.898. The molecule has 2 rings (SSSR count). The molecule has 0 aliphatic carbocycles. The lowest BCUT2D eigenvalue weighted by Crippen LogP contribution is -1.99. The molecule has 8 heteroatoms. The van der Waals surface area contributed by atoms with Crippen molar-refractivity contribution in [2.75, 3.05) is 0 Å². The Bertz CT molecular complexity index is 550. The third-order valence-electron chi connectivity index (χ3n) is 1.78. The molecular formula is C9H5Cl2N3O3. The van der Waals surface area contributed by atoms with Gasteiger partial charge in [-0.05, 0) is 18.2 Å². The van der Waals surface area contributed by atoms with Crippen LogP contribution in [0.2, 0.25) is 10.0 Å². The summed E-state index contributed by atoms with van der Waals surface area (Å²) in [7, 11) is 0. The summed E-state index contributed by atoms with van der Waals surface area (Å²) in [6.45, 7) is 0. The van der Waals surface area contributed by atoms with E-state index in [-0.39, 0.29) is 17.3 Å². The molecule has 0 aliphatic heterocycles. The molecule has 0 fully saturated rings. The van der Waals surface area contributed by atoms with Crippen LogP contribution >= 0.6 is 23.2 Å². The fourth-order valence-electron chi connectivity index (χ4n) is 1.13. The number of carboxylic acids is 1. The number of halogens is 2. The molecule has 1 aromatic heterocycles. The Morgan fingerprint density at radius 2 is 1.94 bits per heavy atom. The molecule has 0 atom stereocenters. The molecule has 0 unspecified atom stereocenters. The van der Waals surface area contributed by atoms with Gasteiger partial charge in [-0.15, -0.1) is 0 Å². The molecule has 0 amide bonds. The van der Waals surface area contributed by atoms with Crippen LogP contribution in [-0.4, -0.2) is 26.5 Å². The maximum absolute atomic E-state index is 10.8. The predicted molar refractivity (Wildman–Crippen MR) is 59.9 cm³/mol. The second-order valence-electron chi connectivity index (χ2n) is 3.00. The molecule has 2 N–H and O–H groups in total. The van der Waals surface area contributed by atoms with Crippen molar-refractivity contribution in [1.29, 1.82) is 0 Å². The van der Waals surface area contributed by atoms with Crippen molar-refractivity contribution >= 4 is 29.2 Å². The molecule has 88 valence electrons. The maximum Gasteiger partial charge on any atom is 0.359 e. The van der Waals surface area contributed by atoms with Crippen LogP contribution in [0.15, 0.2) is 18.2 Å². The van der Waals surface area contributed by atoms with Crippen molar-refractivity contribution < 1.29 is 14.6 Å². The summed E-state index contributed by atoms with van der Waals surface area (Å²) in [4.78, 5) is 10.8. The van der Waals surface area contributed by atoms with Crippen LogP contribution in [0.1, 0.15) is 10.5 Å². The number of ether oxygens (including phenoxy) is 1. The van der Waals surface area contributed by atoms with Gasteiger partial charge in [-0.25, -0.2) is 9.89 Å². The average Bonchev–Trinajstić information content (AvgIpc) is 2.63. The van der Waals surface area contributed by atoms with E-state index in [1.54, 1.807) is 0 Å². The highest BCUT2D eigenvalue weighted by molar-refractivity contribution is 6.34. The van der Waals surface area contributed by atoms with Gasteiger partial charge in [-0.3, -0.25) is 0 Å². The SMILES string of the molecule is O=C(O)c1[nH]nnc1Oc1cc(Cl)cc(Cl)c1. The Morgan fingerprint density at radius 1 is 1.29 bits per heavy atom. The number of hydrogen-bond acceptors (Lipinski definition) is 4. The second-order valence-corrected chi connectivity index (χ2v) is 3.88. The highest BCUT2D eigenvalue weighted by Gasteiger charge is 2.16. The summed E-state index contributed by atoms with van der Waals surface area (Å²) in [5, 5.41) is 18.6. The van der Waals surface area contributed by atoms with E-state index in [1.165, 1.54) is 18.2 Å². The van der Waals surface area contributed by atoms with Gasteiger partial charge in [0.25, 0.3) is 5.88 Å². The van der Waals surface area contributed by atoms with E-state index in [4.69, 9.17) is 33.0 Å². The molecule has 2 aromatic rings. The van der Waals surface area contributed by atoms with E-state index in [2.05, 4.69) is 15.4 Å². The van der Waals surface area contributed by atoms with Gasteiger partial charge >= 0.3 is 5.97 Å². The number of benzene rings is 1. The van der Waals surface area contributed by atoms with Crippen LogP contribution in [0, 0.1) is 0 Å². The first-order valence-electron chi connectivity index (χ1n) is 4.34. The van der Waals surface area contributed by atoms with E-state index in [0.717, 1.165) is 0 Å². The highest BCUT2D eigenvalue weighted by Crippen LogP contribution is 2.28. The lowest BCUT2D eigenvalue weighted by molar-refractivity contribution is 0.0687. The van der Waals surface area contributed by atoms with Crippen LogP contribution in [-0.2, 0) is 0 Å². The Morgan fingerprint density at radius 3 is 2.53 bits per heavy atom. The molecule has 0 radical (unpaired) electrons. The third kappa shape index (κ3) is 2.66. The normalized spacial score (nSPS) is 10.2. The van der Waals surface area contributed by atoms with Gasteiger partial charge in [0.15, 0.2) is 0 Å². The number of hydrogen-bond donors (Lipinski definition) is 2. The standard InChI is InChI=1S/C9H5Cl2N3O3/c10-4-1-5(11)3-6(2-4)17-8-7(9(15)16)12-14-13-8/h1-3H,(H,15,16)(H,12,13,14). The Balaban J connectivity index is 2.31. The zero-order chi connectivity index (χ0) is 12.4. The zero-order valence-electron chi connectivity index (χ0n) is 8.15. The summed E-state index contributed by atoms with van der Waals surface area (Å²) in [6, 6.07) is 4.48. The van der Waals surface area contributed by atoms with Crippen molar-refractivity contribution in [2.24, 2.45) is 0 Å². The van der Waals surface area contributed by atoms with Crippen LogP contribution < -0.4 is 4.74 Å². The van der Waals surface area contributed by atoms with Crippen LogP contribution in [0.3, 0.4) is 0 Å². The van der Waals surface area contributed by atoms with Crippen molar-refractivity contribution in [2.45, 2.75) is 0 Å². The molecule has 0 saturated heterocycles. The molecule has 0 aliphatic rings. The maximum atomic E-state index is 10.8.